The fourth-order valence-corrected chi connectivity index (χ4v) is 4.75. The zero-order valence-corrected chi connectivity index (χ0v) is 21.5. The van der Waals surface area contributed by atoms with E-state index in [0.29, 0.717) is 28.0 Å². The summed E-state index contributed by atoms with van der Waals surface area (Å²) in [5.41, 5.74) is 3.24. The highest BCUT2D eigenvalue weighted by Gasteiger charge is 2.31. The number of ether oxygens (including phenoxy) is 3. The Labute approximate surface area is 224 Å². The molecule has 5 rings (SSSR count). The van der Waals surface area contributed by atoms with Crippen LogP contribution >= 0.6 is 11.8 Å². The minimum Gasteiger partial charge on any atom is -0.454 e. The second-order valence-corrected chi connectivity index (χ2v) is 9.37. The number of hydrogen-bond acceptors (Lipinski definition) is 9. The Kier molecular flexibility index (Phi) is 7.28. The lowest BCUT2D eigenvalue weighted by molar-refractivity contribution is -0.274. The molecule has 0 spiro atoms. The van der Waals surface area contributed by atoms with E-state index in [2.05, 4.69) is 30.3 Å². The molecular formula is C25H21F3N6O4S. The summed E-state index contributed by atoms with van der Waals surface area (Å²) in [4.78, 5) is 22.0. The molecule has 0 bridgehead atoms. The molecule has 0 saturated carbocycles. The molecule has 0 fully saturated rings. The standard InChI is InChI=1S/C25H21F3N6O4S/c1-14-9-15(2)31-24(30-14)39-12-19-22(23(35)29-11-16-3-8-20-21(10-16)37-13-36-20)32-33-34(19)17-4-6-18(7-5-17)38-25(26,27)28/h3-10H,11-13H2,1-2H3,(H,29,35). The smallest absolute Gasteiger partial charge is 0.454 e. The predicted molar refractivity (Wildman–Crippen MR) is 133 cm³/mol. The van der Waals surface area contributed by atoms with Crippen LogP contribution in [0.4, 0.5) is 13.2 Å². The quantitative estimate of drug-likeness (QED) is 0.246. The zero-order chi connectivity index (χ0) is 27.6. The summed E-state index contributed by atoms with van der Waals surface area (Å²) in [5.74, 6) is 0.577. The summed E-state index contributed by atoms with van der Waals surface area (Å²) >= 11 is 1.28. The van der Waals surface area contributed by atoms with Crippen LogP contribution in [0, 0.1) is 13.8 Å². The first-order valence-corrected chi connectivity index (χ1v) is 12.6. The Morgan fingerprint density at radius 2 is 1.77 bits per heavy atom. The maximum absolute atomic E-state index is 13.2. The number of nitrogens with zero attached hydrogens (tertiary/aromatic N) is 5. The number of thioether (sulfide) groups is 1. The van der Waals surface area contributed by atoms with Crippen molar-refractivity contribution < 1.29 is 32.2 Å². The lowest BCUT2D eigenvalue weighted by atomic mass is 10.2. The number of benzene rings is 2. The summed E-state index contributed by atoms with van der Waals surface area (Å²) in [5, 5.41) is 11.5. The lowest BCUT2D eigenvalue weighted by Crippen LogP contribution is -2.24. The van der Waals surface area contributed by atoms with Crippen molar-refractivity contribution in [3.8, 4) is 22.9 Å². The number of amides is 1. The van der Waals surface area contributed by atoms with E-state index in [4.69, 9.17) is 9.47 Å². The maximum atomic E-state index is 13.2. The Morgan fingerprint density at radius 3 is 2.49 bits per heavy atom. The molecule has 0 radical (unpaired) electrons. The van der Waals surface area contributed by atoms with Gasteiger partial charge in [0.25, 0.3) is 5.91 Å². The van der Waals surface area contributed by atoms with Gasteiger partial charge in [-0.1, -0.05) is 23.0 Å². The second kappa shape index (κ2) is 10.8. The molecule has 1 aliphatic rings. The van der Waals surface area contributed by atoms with Crippen molar-refractivity contribution in [2.75, 3.05) is 6.79 Å². The van der Waals surface area contributed by atoms with Gasteiger partial charge in [-0.05, 0) is 61.9 Å². The van der Waals surface area contributed by atoms with Gasteiger partial charge in [0, 0.05) is 23.7 Å². The van der Waals surface area contributed by atoms with E-state index in [1.54, 1.807) is 12.1 Å². The fourth-order valence-electron chi connectivity index (χ4n) is 3.81. The lowest BCUT2D eigenvalue weighted by Gasteiger charge is -2.11. The van der Waals surface area contributed by atoms with Crippen molar-refractivity contribution in [2.45, 2.75) is 37.7 Å². The molecule has 4 aromatic rings. The van der Waals surface area contributed by atoms with Crippen LogP contribution in [0.5, 0.6) is 17.2 Å². The minimum atomic E-state index is -4.81. The zero-order valence-electron chi connectivity index (χ0n) is 20.7. The molecule has 202 valence electrons. The second-order valence-electron chi connectivity index (χ2n) is 8.43. The van der Waals surface area contributed by atoms with Gasteiger partial charge in [-0.25, -0.2) is 14.6 Å². The van der Waals surface area contributed by atoms with E-state index in [-0.39, 0.29) is 30.5 Å². The fraction of sp³-hybridized carbons (Fsp3) is 0.240. The normalized spacial score (nSPS) is 12.4. The Hall–Kier alpha value is -4.33. The molecule has 0 saturated heterocycles. The number of alkyl halides is 3. The number of carbonyl (C=O) groups excluding carboxylic acids is 1. The highest BCUT2D eigenvalue weighted by Crippen LogP contribution is 2.32. The summed E-state index contributed by atoms with van der Waals surface area (Å²) in [6.45, 7) is 4.04. The number of carbonyl (C=O) groups is 1. The SMILES string of the molecule is Cc1cc(C)nc(SCc2c(C(=O)NCc3ccc4c(c3)OCO4)nnn2-c2ccc(OC(F)(F)F)cc2)n1. The molecule has 2 aromatic heterocycles. The van der Waals surface area contributed by atoms with Gasteiger partial charge in [0.2, 0.25) is 6.79 Å². The van der Waals surface area contributed by atoms with E-state index in [1.165, 1.54) is 28.6 Å². The first-order valence-electron chi connectivity index (χ1n) is 11.6. The molecule has 1 amide bonds. The monoisotopic (exact) mass is 558 g/mol. The summed E-state index contributed by atoms with van der Waals surface area (Å²) in [6.07, 6.45) is -4.81. The Morgan fingerprint density at radius 1 is 1.05 bits per heavy atom. The van der Waals surface area contributed by atoms with Crippen molar-refractivity contribution in [3.63, 3.8) is 0 Å². The predicted octanol–water partition coefficient (Wildman–Crippen LogP) is 4.52. The van der Waals surface area contributed by atoms with Gasteiger partial charge in [0.05, 0.1) is 11.4 Å². The first-order chi connectivity index (χ1) is 18.6. The third kappa shape index (κ3) is 6.39. The number of nitrogens with one attached hydrogen (secondary N) is 1. The number of hydrogen-bond donors (Lipinski definition) is 1. The van der Waals surface area contributed by atoms with Gasteiger partial charge in [-0.3, -0.25) is 4.79 Å². The van der Waals surface area contributed by atoms with E-state index in [1.807, 2.05) is 26.0 Å². The van der Waals surface area contributed by atoms with Crippen LogP contribution in [0.1, 0.15) is 33.1 Å². The van der Waals surface area contributed by atoms with Crippen LogP contribution in [-0.4, -0.2) is 44.0 Å². The third-order valence-corrected chi connectivity index (χ3v) is 6.34. The molecule has 14 heteroatoms. The summed E-state index contributed by atoms with van der Waals surface area (Å²) < 4.78 is 53.8. The topological polar surface area (TPSA) is 113 Å². The van der Waals surface area contributed by atoms with Gasteiger partial charge in [-0.2, -0.15) is 0 Å². The van der Waals surface area contributed by atoms with Crippen LogP contribution in [-0.2, 0) is 12.3 Å². The van der Waals surface area contributed by atoms with E-state index >= 15 is 0 Å². The number of aromatic nitrogens is 5. The molecule has 1 N–H and O–H groups in total. The van der Waals surface area contributed by atoms with Crippen LogP contribution in [0.25, 0.3) is 5.69 Å². The highest BCUT2D eigenvalue weighted by molar-refractivity contribution is 7.98. The van der Waals surface area contributed by atoms with E-state index in [9.17, 15) is 18.0 Å². The molecule has 1 aliphatic heterocycles. The van der Waals surface area contributed by atoms with Gasteiger partial charge in [-0.15, -0.1) is 18.3 Å². The van der Waals surface area contributed by atoms with Crippen molar-refractivity contribution in [1.29, 1.82) is 0 Å². The van der Waals surface area contributed by atoms with E-state index < -0.39 is 12.3 Å². The van der Waals surface area contributed by atoms with Crippen LogP contribution in [0.15, 0.2) is 53.7 Å². The molecule has 0 unspecified atom stereocenters. The van der Waals surface area contributed by atoms with Crippen molar-refractivity contribution in [3.05, 3.63) is 76.9 Å². The number of rotatable bonds is 8. The Balaban J connectivity index is 1.39. The summed E-state index contributed by atoms with van der Waals surface area (Å²) in [6, 6.07) is 12.3. The van der Waals surface area contributed by atoms with Gasteiger partial charge >= 0.3 is 6.36 Å². The first kappa shape index (κ1) is 26.3. The molecule has 2 aromatic carbocycles. The molecule has 10 nitrogen and oxygen atoms in total. The molecule has 0 atom stereocenters. The van der Waals surface area contributed by atoms with Gasteiger partial charge in [0.15, 0.2) is 22.3 Å². The average Bonchev–Trinajstić information content (AvgIpc) is 3.52. The van der Waals surface area contributed by atoms with Crippen molar-refractivity contribution in [2.24, 2.45) is 0 Å². The van der Waals surface area contributed by atoms with Gasteiger partial charge < -0.3 is 19.5 Å². The van der Waals surface area contributed by atoms with Gasteiger partial charge in [0.1, 0.15) is 5.75 Å². The largest absolute Gasteiger partial charge is 0.573 e. The van der Waals surface area contributed by atoms with Crippen LogP contribution < -0.4 is 19.5 Å². The maximum Gasteiger partial charge on any atom is 0.573 e. The molecule has 0 aliphatic carbocycles. The molecule has 39 heavy (non-hydrogen) atoms. The number of fused-ring (bicyclic) bond motifs is 1. The summed E-state index contributed by atoms with van der Waals surface area (Å²) in [7, 11) is 0. The third-order valence-electron chi connectivity index (χ3n) is 5.48. The average molecular weight is 559 g/mol. The highest BCUT2D eigenvalue weighted by atomic mass is 32.2. The van der Waals surface area contributed by atoms with E-state index in [0.717, 1.165) is 29.1 Å². The number of halogens is 3. The van der Waals surface area contributed by atoms with Crippen molar-refractivity contribution in [1.82, 2.24) is 30.3 Å². The number of aryl methyl sites for hydroxylation is 2. The van der Waals surface area contributed by atoms with Crippen molar-refractivity contribution >= 4 is 17.7 Å². The Bertz CT molecular complexity index is 1490. The molecular weight excluding hydrogens is 537 g/mol. The van der Waals surface area contributed by atoms with Crippen LogP contribution in [0.3, 0.4) is 0 Å². The molecule has 3 heterocycles. The minimum absolute atomic E-state index is 0.0586. The van der Waals surface area contributed by atoms with Crippen LogP contribution in [0.2, 0.25) is 0 Å².